The third-order valence-corrected chi connectivity index (χ3v) is 5.57. The molecular weight excluding hydrogens is 322 g/mol. The van der Waals surface area contributed by atoms with Gasteiger partial charge in [0.1, 0.15) is 5.69 Å². The van der Waals surface area contributed by atoms with E-state index in [0.717, 1.165) is 24.3 Å². The van der Waals surface area contributed by atoms with E-state index in [9.17, 15) is 0 Å². The summed E-state index contributed by atoms with van der Waals surface area (Å²) >= 11 is 0. The predicted octanol–water partition coefficient (Wildman–Crippen LogP) is 3.38. The van der Waals surface area contributed by atoms with Crippen LogP contribution >= 0.6 is 0 Å². The number of benzene rings is 2. The summed E-state index contributed by atoms with van der Waals surface area (Å²) in [6, 6.07) is 21.1. The minimum atomic E-state index is 0.134. The molecule has 128 valence electrons. The second-order valence-corrected chi connectivity index (χ2v) is 7.04. The van der Waals surface area contributed by atoms with Gasteiger partial charge in [-0.25, -0.2) is 4.68 Å². The fraction of sp³-hybridized carbons (Fsp3) is 0.286. The highest BCUT2D eigenvalue weighted by atomic mass is 15.5. The van der Waals surface area contributed by atoms with Gasteiger partial charge in [0.2, 0.25) is 0 Å². The molecule has 0 bridgehead atoms. The Morgan fingerprint density at radius 2 is 1.85 bits per heavy atom. The third kappa shape index (κ3) is 2.34. The first-order chi connectivity index (χ1) is 12.8. The number of aromatic nitrogens is 3. The van der Waals surface area contributed by atoms with Crippen LogP contribution in [0, 0.1) is 11.3 Å². The zero-order chi connectivity index (χ0) is 17.5. The highest BCUT2D eigenvalue weighted by Crippen LogP contribution is 2.42. The van der Waals surface area contributed by atoms with Crippen molar-refractivity contribution in [1.29, 1.82) is 5.26 Å². The number of hydrogen-bond acceptors (Lipinski definition) is 4. The lowest BCUT2D eigenvalue weighted by Gasteiger charge is -2.38. The quantitative estimate of drug-likeness (QED) is 0.717. The van der Waals surface area contributed by atoms with E-state index in [4.69, 9.17) is 5.26 Å². The summed E-state index contributed by atoms with van der Waals surface area (Å²) in [6.45, 7) is 2.00. The largest absolute Gasteiger partial charge is 0.286 e. The molecule has 1 saturated heterocycles. The molecule has 3 heterocycles. The number of hydrogen-bond donors (Lipinski definition) is 0. The van der Waals surface area contributed by atoms with Gasteiger partial charge in [-0.2, -0.15) is 5.26 Å². The van der Waals surface area contributed by atoms with E-state index in [2.05, 4.69) is 50.2 Å². The van der Waals surface area contributed by atoms with Gasteiger partial charge in [-0.1, -0.05) is 47.7 Å². The van der Waals surface area contributed by atoms with Crippen LogP contribution in [-0.4, -0.2) is 32.5 Å². The van der Waals surface area contributed by atoms with Gasteiger partial charge in [-0.15, -0.1) is 5.10 Å². The minimum absolute atomic E-state index is 0.134. The molecule has 0 spiro atoms. The van der Waals surface area contributed by atoms with Crippen LogP contribution < -0.4 is 0 Å². The Morgan fingerprint density at radius 1 is 1.04 bits per heavy atom. The topological polar surface area (TPSA) is 57.7 Å². The van der Waals surface area contributed by atoms with Crippen LogP contribution in [0.5, 0.6) is 0 Å². The van der Waals surface area contributed by atoms with E-state index in [1.54, 1.807) is 0 Å². The highest BCUT2D eigenvalue weighted by molar-refractivity contribution is 5.63. The van der Waals surface area contributed by atoms with Crippen molar-refractivity contribution in [2.45, 2.75) is 31.5 Å². The molecule has 1 fully saturated rings. The first-order valence-corrected chi connectivity index (χ1v) is 9.10. The van der Waals surface area contributed by atoms with Gasteiger partial charge in [0.25, 0.3) is 0 Å². The lowest BCUT2D eigenvalue weighted by atomic mass is 9.94. The van der Waals surface area contributed by atoms with Crippen molar-refractivity contribution in [1.82, 2.24) is 19.9 Å². The summed E-state index contributed by atoms with van der Waals surface area (Å²) in [5.41, 5.74) is 5.13. The molecule has 0 amide bonds. The normalized spacial score (nSPS) is 21.8. The van der Waals surface area contributed by atoms with Gasteiger partial charge in [-0.3, -0.25) is 4.90 Å². The van der Waals surface area contributed by atoms with Crippen molar-refractivity contribution in [3.05, 3.63) is 71.4 Å². The first-order valence-electron chi connectivity index (χ1n) is 9.10. The van der Waals surface area contributed by atoms with Crippen molar-refractivity contribution >= 4 is 0 Å². The highest BCUT2D eigenvalue weighted by Gasteiger charge is 2.41. The Hall–Kier alpha value is -2.97. The molecule has 26 heavy (non-hydrogen) atoms. The van der Waals surface area contributed by atoms with E-state index >= 15 is 0 Å². The van der Waals surface area contributed by atoms with Crippen molar-refractivity contribution in [2.75, 3.05) is 6.54 Å². The SMILES string of the molecule is N#Cc1ccc([C@H]2c3c(-c4ccccc4)nnn3C[C@@H]3CCCN32)cc1. The Labute approximate surface area is 152 Å². The molecule has 2 aliphatic rings. The van der Waals surface area contributed by atoms with E-state index in [1.165, 1.54) is 24.1 Å². The first kappa shape index (κ1) is 15.3. The van der Waals surface area contributed by atoms with Gasteiger partial charge in [0, 0.05) is 11.6 Å². The van der Waals surface area contributed by atoms with Gasteiger partial charge < -0.3 is 0 Å². The van der Waals surface area contributed by atoms with Crippen LogP contribution in [0.25, 0.3) is 11.3 Å². The van der Waals surface area contributed by atoms with E-state index in [-0.39, 0.29) is 6.04 Å². The summed E-state index contributed by atoms with van der Waals surface area (Å²) in [6.07, 6.45) is 2.42. The molecule has 1 aromatic heterocycles. The van der Waals surface area contributed by atoms with Gasteiger partial charge >= 0.3 is 0 Å². The molecule has 3 aromatic rings. The molecule has 5 nitrogen and oxygen atoms in total. The molecular formula is C21H19N5. The molecule has 0 saturated carbocycles. The van der Waals surface area contributed by atoms with Crippen molar-refractivity contribution in [3.63, 3.8) is 0 Å². The van der Waals surface area contributed by atoms with E-state index < -0.39 is 0 Å². The maximum absolute atomic E-state index is 9.12. The Bertz CT molecular complexity index is 968. The molecule has 0 aliphatic carbocycles. The fourth-order valence-corrected chi connectivity index (χ4v) is 4.37. The van der Waals surface area contributed by atoms with Gasteiger partial charge in [0.05, 0.1) is 29.9 Å². The second kappa shape index (κ2) is 6.08. The van der Waals surface area contributed by atoms with Gasteiger partial charge in [-0.05, 0) is 37.1 Å². The molecule has 0 radical (unpaired) electrons. The number of rotatable bonds is 2. The molecule has 2 aromatic carbocycles. The summed E-state index contributed by atoms with van der Waals surface area (Å²) in [5, 5.41) is 18.2. The summed E-state index contributed by atoms with van der Waals surface area (Å²) < 4.78 is 2.09. The maximum atomic E-state index is 9.12. The number of fused-ring (bicyclic) bond motifs is 2. The van der Waals surface area contributed by atoms with Crippen LogP contribution in [-0.2, 0) is 6.54 Å². The van der Waals surface area contributed by atoms with Crippen LogP contribution in [0.1, 0.15) is 35.7 Å². The second-order valence-electron chi connectivity index (χ2n) is 7.04. The third-order valence-electron chi connectivity index (χ3n) is 5.57. The van der Waals surface area contributed by atoms with E-state index in [0.29, 0.717) is 11.6 Å². The predicted molar refractivity (Wildman–Crippen MR) is 98.2 cm³/mol. The average Bonchev–Trinajstić information content (AvgIpc) is 3.33. The molecule has 5 rings (SSSR count). The Balaban J connectivity index is 1.68. The molecule has 0 N–H and O–H groups in total. The van der Waals surface area contributed by atoms with Crippen molar-refractivity contribution in [2.24, 2.45) is 0 Å². The zero-order valence-electron chi connectivity index (χ0n) is 14.4. The minimum Gasteiger partial charge on any atom is -0.286 e. The number of nitrogens with zero attached hydrogens (tertiary/aromatic N) is 5. The maximum Gasteiger partial charge on any atom is 0.118 e. The average molecular weight is 341 g/mol. The van der Waals surface area contributed by atoms with Crippen LogP contribution in [0.2, 0.25) is 0 Å². The monoisotopic (exact) mass is 341 g/mol. The molecule has 0 unspecified atom stereocenters. The van der Waals surface area contributed by atoms with Crippen LogP contribution in [0.15, 0.2) is 54.6 Å². The molecule has 2 aliphatic heterocycles. The lowest BCUT2D eigenvalue weighted by molar-refractivity contribution is 0.147. The Kier molecular flexibility index (Phi) is 3.58. The summed E-state index contributed by atoms with van der Waals surface area (Å²) in [4.78, 5) is 2.59. The fourth-order valence-electron chi connectivity index (χ4n) is 4.37. The number of nitriles is 1. The zero-order valence-corrected chi connectivity index (χ0v) is 14.4. The smallest absolute Gasteiger partial charge is 0.118 e. The molecule has 2 atom stereocenters. The van der Waals surface area contributed by atoms with Gasteiger partial charge in [0.15, 0.2) is 0 Å². The summed E-state index contributed by atoms with van der Waals surface area (Å²) in [5.74, 6) is 0. The van der Waals surface area contributed by atoms with E-state index in [1.807, 2.05) is 30.3 Å². The molecule has 5 heteroatoms. The van der Waals surface area contributed by atoms with Crippen molar-refractivity contribution < 1.29 is 0 Å². The Morgan fingerprint density at radius 3 is 2.62 bits per heavy atom. The standard InChI is InChI=1S/C21H19N5/c22-13-15-8-10-17(11-9-15)20-21-19(16-5-2-1-3-6-16)23-24-26(21)14-18-7-4-12-25(18)20/h1-3,5-6,8-11,18,20H,4,7,12,14H2/t18-,20-/m0/s1. The summed E-state index contributed by atoms with van der Waals surface area (Å²) in [7, 11) is 0. The van der Waals surface area contributed by atoms with Crippen LogP contribution in [0.4, 0.5) is 0 Å². The lowest BCUT2D eigenvalue weighted by Crippen LogP contribution is -2.43. The van der Waals surface area contributed by atoms with Crippen molar-refractivity contribution in [3.8, 4) is 17.3 Å². The van der Waals surface area contributed by atoms with Crippen LogP contribution in [0.3, 0.4) is 0 Å².